The van der Waals surface area contributed by atoms with Gasteiger partial charge in [-0.3, -0.25) is 14.4 Å². The molecule has 3 aliphatic heterocycles. The molecule has 3 aliphatic rings. The molecule has 2 unspecified atom stereocenters. The molecule has 2 bridgehead atoms. The molecule has 3 fully saturated rings. The molecular formula is C30H40N2O6. The van der Waals surface area contributed by atoms with Gasteiger partial charge in [-0.15, -0.1) is 13.2 Å². The molecular weight excluding hydrogens is 484 g/mol. The van der Waals surface area contributed by atoms with Crippen molar-refractivity contribution in [3.05, 3.63) is 54.6 Å². The fourth-order valence-electron chi connectivity index (χ4n) is 6.73. The lowest BCUT2D eigenvalue weighted by molar-refractivity contribution is -0.160. The van der Waals surface area contributed by atoms with Gasteiger partial charge in [0.1, 0.15) is 17.6 Å². The Bertz CT molecular complexity index is 1130. The zero-order valence-corrected chi connectivity index (χ0v) is 22.9. The number of carbonyl (C=O) groups excluding carboxylic acids is 3. The lowest BCUT2D eigenvalue weighted by Gasteiger charge is -2.39. The molecule has 0 aliphatic carbocycles. The lowest BCUT2D eigenvalue weighted by Crippen LogP contribution is -2.59. The van der Waals surface area contributed by atoms with Gasteiger partial charge in [-0.05, 0) is 63.6 Å². The highest BCUT2D eigenvalue weighted by atomic mass is 16.6. The first-order valence-electron chi connectivity index (χ1n) is 13.5. The van der Waals surface area contributed by atoms with Crippen molar-refractivity contribution in [2.75, 3.05) is 24.7 Å². The number of fused-ring (bicyclic) bond motifs is 1. The van der Waals surface area contributed by atoms with Crippen molar-refractivity contribution >= 4 is 23.5 Å². The summed E-state index contributed by atoms with van der Waals surface area (Å²) in [6, 6.07) is 4.31. The Hall–Kier alpha value is -2.97. The van der Waals surface area contributed by atoms with E-state index in [1.807, 2.05) is 45.9 Å². The van der Waals surface area contributed by atoms with Crippen LogP contribution in [-0.2, 0) is 23.9 Å². The van der Waals surface area contributed by atoms with Gasteiger partial charge in [0, 0.05) is 12.2 Å². The molecule has 1 aromatic carbocycles. The molecule has 1 N–H and O–H groups in total. The number of amides is 2. The van der Waals surface area contributed by atoms with E-state index >= 15 is 0 Å². The second-order valence-electron chi connectivity index (χ2n) is 11.0. The third kappa shape index (κ3) is 4.28. The van der Waals surface area contributed by atoms with E-state index in [0.29, 0.717) is 25.7 Å². The van der Waals surface area contributed by atoms with E-state index in [-0.39, 0.29) is 31.6 Å². The van der Waals surface area contributed by atoms with E-state index in [0.717, 1.165) is 16.8 Å². The third-order valence-corrected chi connectivity index (χ3v) is 8.58. The van der Waals surface area contributed by atoms with E-state index in [1.54, 1.807) is 17.1 Å². The van der Waals surface area contributed by atoms with Crippen LogP contribution in [0.15, 0.2) is 43.5 Å². The monoisotopic (exact) mass is 524 g/mol. The number of ether oxygens (including phenoxy) is 2. The van der Waals surface area contributed by atoms with Crippen molar-refractivity contribution in [2.45, 2.75) is 76.7 Å². The number of nitrogens with zero attached hydrogens (tertiary/aromatic N) is 2. The Morgan fingerprint density at radius 3 is 2.66 bits per heavy atom. The molecule has 6 atom stereocenters. The molecule has 3 saturated heterocycles. The first-order chi connectivity index (χ1) is 18.1. The summed E-state index contributed by atoms with van der Waals surface area (Å²) in [5.41, 5.74) is 0.540. The fraction of sp³-hybridized carbons (Fsp3) is 0.567. The molecule has 8 nitrogen and oxygen atoms in total. The Labute approximate surface area is 225 Å². The van der Waals surface area contributed by atoms with Crippen LogP contribution in [0, 0.1) is 25.7 Å². The number of aryl methyl sites for hydroxylation is 2. The van der Waals surface area contributed by atoms with Crippen molar-refractivity contribution in [3.8, 4) is 0 Å². The third-order valence-electron chi connectivity index (χ3n) is 8.58. The highest BCUT2D eigenvalue weighted by Gasteiger charge is 2.79. The zero-order valence-electron chi connectivity index (χ0n) is 22.9. The van der Waals surface area contributed by atoms with Crippen LogP contribution in [0.25, 0.3) is 0 Å². The summed E-state index contributed by atoms with van der Waals surface area (Å²) in [5, 5.41) is 10.3. The number of hydrogen-bond donors (Lipinski definition) is 1. The average Bonchev–Trinajstić information content (AvgIpc) is 3.46. The van der Waals surface area contributed by atoms with Gasteiger partial charge in [-0.25, -0.2) is 0 Å². The second-order valence-corrected chi connectivity index (χ2v) is 11.0. The van der Waals surface area contributed by atoms with E-state index in [1.165, 1.54) is 4.90 Å². The number of esters is 1. The summed E-state index contributed by atoms with van der Waals surface area (Å²) in [6.45, 7) is 15.3. The van der Waals surface area contributed by atoms with Gasteiger partial charge < -0.3 is 24.4 Å². The lowest BCUT2D eigenvalue weighted by atomic mass is 9.66. The summed E-state index contributed by atoms with van der Waals surface area (Å²) in [5.74, 6) is -2.82. The molecule has 1 spiro atoms. The normalized spacial score (nSPS) is 30.2. The van der Waals surface area contributed by atoms with E-state index in [9.17, 15) is 19.5 Å². The maximum atomic E-state index is 14.6. The number of likely N-dealkylation sites (tertiary alicyclic amines) is 1. The Morgan fingerprint density at radius 2 is 2.03 bits per heavy atom. The van der Waals surface area contributed by atoms with Crippen LogP contribution in [0.3, 0.4) is 0 Å². The average molecular weight is 525 g/mol. The highest BCUT2D eigenvalue weighted by molar-refractivity contribution is 6.05. The van der Waals surface area contributed by atoms with Gasteiger partial charge in [-0.2, -0.15) is 0 Å². The predicted molar refractivity (Wildman–Crippen MR) is 144 cm³/mol. The van der Waals surface area contributed by atoms with Gasteiger partial charge in [0.15, 0.2) is 0 Å². The minimum atomic E-state index is -1.19. The van der Waals surface area contributed by atoms with Crippen LogP contribution in [0.5, 0.6) is 0 Å². The zero-order chi connectivity index (χ0) is 27.8. The Balaban J connectivity index is 1.83. The molecule has 38 heavy (non-hydrogen) atoms. The minimum absolute atomic E-state index is 0.170. The quantitative estimate of drug-likeness (QED) is 0.271. The highest BCUT2D eigenvalue weighted by Crippen LogP contribution is 2.63. The van der Waals surface area contributed by atoms with Crippen LogP contribution in [-0.4, -0.2) is 70.8 Å². The molecule has 0 aromatic heterocycles. The van der Waals surface area contributed by atoms with Crippen molar-refractivity contribution in [1.29, 1.82) is 0 Å². The summed E-state index contributed by atoms with van der Waals surface area (Å²) in [7, 11) is 0. The second kappa shape index (κ2) is 10.7. The number of benzene rings is 1. The standard InChI is InChI=1S/C30H40N2O6/c1-7-10-16-37-28(36)24-23-26(34)32(21(9-3)18-33)25(30(23)14-13-29(24,6)38-30)27(35)31(15-8-2)22-17-19(4)11-12-20(22)5/h7-8,11-12,17,21,23-25,33H,1-2,9-10,13-16,18H2,3-6H3/t21-,23-,24-,25?,29+,30?/m0/s1. The predicted octanol–water partition coefficient (Wildman–Crippen LogP) is 3.48. The Morgan fingerprint density at radius 1 is 1.29 bits per heavy atom. The molecule has 1 aromatic rings. The number of aliphatic hydroxyl groups excluding tert-OH is 1. The van der Waals surface area contributed by atoms with Crippen LogP contribution >= 0.6 is 0 Å². The first kappa shape index (κ1) is 28.0. The van der Waals surface area contributed by atoms with E-state index < -0.39 is 41.1 Å². The number of aliphatic hydroxyl groups is 1. The molecule has 0 radical (unpaired) electrons. The molecule has 2 amide bonds. The van der Waals surface area contributed by atoms with Crippen molar-refractivity contribution in [1.82, 2.24) is 4.90 Å². The van der Waals surface area contributed by atoms with Gasteiger partial charge in [0.05, 0.1) is 30.8 Å². The molecule has 4 rings (SSSR count). The van der Waals surface area contributed by atoms with Crippen LogP contribution in [0.2, 0.25) is 0 Å². The summed E-state index contributed by atoms with van der Waals surface area (Å²) < 4.78 is 12.2. The van der Waals surface area contributed by atoms with Crippen molar-refractivity contribution in [2.24, 2.45) is 11.8 Å². The van der Waals surface area contributed by atoms with E-state index in [4.69, 9.17) is 9.47 Å². The number of hydrogen-bond acceptors (Lipinski definition) is 6. The molecule has 206 valence electrons. The van der Waals surface area contributed by atoms with E-state index in [2.05, 4.69) is 13.2 Å². The first-order valence-corrected chi connectivity index (χ1v) is 13.5. The molecule has 8 heteroatoms. The maximum absolute atomic E-state index is 14.6. The summed E-state index contributed by atoms with van der Waals surface area (Å²) >= 11 is 0. The van der Waals surface area contributed by atoms with Crippen LogP contribution < -0.4 is 4.90 Å². The SMILES string of the molecule is C=CCCOC(=O)[C@@H]1[C@H]2C(=O)N([C@@H](CC)CO)C(C(=O)N(CC=C)c3cc(C)ccc3C)C23CC[C@@]1(C)O3. The number of carbonyl (C=O) groups is 3. The van der Waals surface area contributed by atoms with Crippen molar-refractivity contribution in [3.63, 3.8) is 0 Å². The topological polar surface area (TPSA) is 96.4 Å². The van der Waals surface area contributed by atoms with Gasteiger partial charge in [0.2, 0.25) is 5.91 Å². The van der Waals surface area contributed by atoms with Gasteiger partial charge in [-0.1, -0.05) is 31.2 Å². The maximum Gasteiger partial charge on any atom is 0.312 e. The molecule has 0 saturated carbocycles. The largest absolute Gasteiger partial charge is 0.465 e. The minimum Gasteiger partial charge on any atom is -0.465 e. The number of rotatable bonds is 11. The smallest absolute Gasteiger partial charge is 0.312 e. The van der Waals surface area contributed by atoms with Gasteiger partial charge in [0.25, 0.3) is 5.91 Å². The summed E-state index contributed by atoms with van der Waals surface area (Å²) in [6.07, 6.45) is 5.26. The van der Waals surface area contributed by atoms with Gasteiger partial charge >= 0.3 is 5.97 Å². The van der Waals surface area contributed by atoms with Crippen LogP contribution in [0.4, 0.5) is 5.69 Å². The fourth-order valence-corrected chi connectivity index (χ4v) is 6.73. The van der Waals surface area contributed by atoms with Crippen LogP contribution in [0.1, 0.15) is 50.7 Å². The number of anilines is 1. The van der Waals surface area contributed by atoms with Crippen molar-refractivity contribution < 1.29 is 29.0 Å². The molecule has 3 heterocycles. The summed E-state index contributed by atoms with van der Waals surface area (Å²) in [4.78, 5) is 45.3. The Kier molecular flexibility index (Phi) is 7.86.